The molecule has 0 rings (SSSR count). The molecular weight excluding hydrogens is 220 g/mol. The van der Waals surface area contributed by atoms with Crippen molar-refractivity contribution < 1.29 is 14.7 Å². The van der Waals surface area contributed by atoms with Gasteiger partial charge in [-0.1, -0.05) is 34.6 Å². The molecule has 0 aromatic rings. The molecule has 2 amide bonds. The molecule has 0 radical (unpaired) electrons. The summed E-state index contributed by atoms with van der Waals surface area (Å²) in [5.74, 6) is -1.15. The Bertz CT molecular complexity index is 275. The van der Waals surface area contributed by atoms with Crippen LogP contribution in [0, 0.1) is 11.3 Å². The van der Waals surface area contributed by atoms with Gasteiger partial charge < -0.3 is 15.7 Å². The van der Waals surface area contributed by atoms with Crippen LogP contribution in [0.1, 0.15) is 41.0 Å². The van der Waals surface area contributed by atoms with E-state index in [4.69, 9.17) is 5.11 Å². The zero-order valence-corrected chi connectivity index (χ0v) is 11.3. The number of carboxylic acids is 1. The maximum atomic E-state index is 11.5. The lowest BCUT2D eigenvalue weighted by molar-refractivity contribution is -0.140. The molecule has 0 bridgehead atoms. The molecule has 5 nitrogen and oxygen atoms in total. The molecule has 0 aromatic carbocycles. The summed E-state index contributed by atoms with van der Waals surface area (Å²) >= 11 is 0. The van der Waals surface area contributed by atoms with Crippen LogP contribution in [0.2, 0.25) is 0 Å². The molecule has 0 aliphatic rings. The second-order valence-electron chi connectivity index (χ2n) is 5.40. The van der Waals surface area contributed by atoms with Crippen LogP contribution in [0.25, 0.3) is 0 Å². The van der Waals surface area contributed by atoms with E-state index in [1.807, 2.05) is 20.8 Å². The van der Waals surface area contributed by atoms with E-state index in [2.05, 4.69) is 10.6 Å². The molecule has 3 N–H and O–H groups in total. The van der Waals surface area contributed by atoms with Crippen LogP contribution >= 0.6 is 0 Å². The van der Waals surface area contributed by atoms with Crippen molar-refractivity contribution in [2.75, 3.05) is 6.54 Å². The summed E-state index contributed by atoms with van der Waals surface area (Å²) < 4.78 is 0. The average Bonchev–Trinajstić information content (AvgIpc) is 2.22. The van der Waals surface area contributed by atoms with Crippen LogP contribution in [0.3, 0.4) is 0 Å². The molecule has 0 aliphatic heterocycles. The van der Waals surface area contributed by atoms with Gasteiger partial charge in [0.1, 0.15) is 6.04 Å². The lowest BCUT2D eigenvalue weighted by Crippen LogP contribution is -2.50. The topological polar surface area (TPSA) is 78.4 Å². The minimum Gasteiger partial charge on any atom is -0.480 e. The fourth-order valence-corrected chi connectivity index (χ4v) is 1.15. The highest BCUT2D eigenvalue weighted by Crippen LogP contribution is 2.17. The van der Waals surface area contributed by atoms with Gasteiger partial charge in [-0.05, 0) is 17.8 Å². The Morgan fingerprint density at radius 3 is 2.18 bits per heavy atom. The van der Waals surface area contributed by atoms with E-state index in [9.17, 15) is 9.59 Å². The number of hydrogen-bond donors (Lipinski definition) is 3. The normalized spacial score (nSPS) is 13.3. The van der Waals surface area contributed by atoms with Gasteiger partial charge in [-0.25, -0.2) is 9.59 Å². The smallest absolute Gasteiger partial charge is 0.326 e. The number of nitrogens with one attached hydrogen (secondary N) is 2. The minimum absolute atomic E-state index is 0.0217. The summed E-state index contributed by atoms with van der Waals surface area (Å²) in [7, 11) is 0. The third kappa shape index (κ3) is 6.14. The van der Waals surface area contributed by atoms with E-state index in [0.717, 1.165) is 6.42 Å². The molecule has 0 aromatic heterocycles. The van der Waals surface area contributed by atoms with Crippen LogP contribution in [-0.4, -0.2) is 29.7 Å². The fourth-order valence-electron chi connectivity index (χ4n) is 1.15. The predicted molar refractivity (Wildman–Crippen MR) is 66.9 cm³/mol. The lowest BCUT2D eigenvalue weighted by atomic mass is 9.90. The van der Waals surface area contributed by atoms with Gasteiger partial charge in [0.2, 0.25) is 0 Å². The van der Waals surface area contributed by atoms with E-state index in [1.165, 1.54) is 0 Å². The van der Waals surface area contributed by atoms with Crippen LogP contribution in [0.15, 0.2) is 0 Å². The van der Waals surface area contributed by atoms with Crippen molar-refractivity contribution in [3.05, 3.63) is 0 Å². The molecule has 0 heterocycles. The first kappa shape index (κ1) is 15.7. The Balaban J connectivity index is 4.21. The number of carbonyl (C=O) groups is 2. The molecule has 100 valence electrons. The van der Waals surface area contributed by atoms with Crippen LogP contribution in [0.4, 0.5) is 4.79 Å². The molecule has 0 aliphatic carbocycles. The summed E-state index contributed by atoms with van der Waals surface area (Å²) in [6, 6.07) is -1.27. The van der Waals surface area contributed by atoms with Crippen molar-refractivity contribution in [2.24, 2.45) is 11.3 Å². The summed E-state index contributed by atoms with van der Waals surface area (Å²) in [4.78, 5) is 22.4. The zero-order valence-electron chi connectivity index (χ0n) is 11.3. The van der Waals surface area contributed by atoms with E-state index in [1.54, 1.807) is 13.8 Å². The van der Waals surface area contributed by atoms with E-state index >= 15 is 0 Å². The molecule has 0 saturated carbocycles. The first-order valence-electron chi connectivity index (χ1n) is 5.97. The average molecular weight is 244 g/mol. The number of rotatable bonds is 6. The Labute approximate surface area is 103 Å². The Kier molecular flexibility index (Phi) is 5.99. The largest absolute Gasteiger partial charge is 0.480 e. The zero-order chi connectivity index (χ0) is 13.6. The van der Waals surface area contributed by atoms with Crippen molar-refractivity contribution in [3.63, 3.8) is 0 Å². The Morgan fingerprint density at radius 1 is 1.29 bits per heavy atom. The Hall–Kier alpha value is -1.26. The van der Waals surface area contributed by atoms with Crippen molar-refractivity contribution >= 4 is 12.0 Å². The molecule has 5 heteroatoms. The van der Waals surface area contributed by atoms with E-state index in [-0.39, 0.29) is 11.3 Å². The minimum atomic E-state index is -1.01. The summed E-state index contributed by atoms with van der Waals surface area (Å²) in [5, 5.41) is 14.1. The molecule has 1 atom stereocenters. The van der Waals surface area contributed by atoms with Crippen molar-refractivity contribution in [2.45, 2.75) is 47.1 Å². The van der Waals surface area contributed by atoms with Crippen LogP contribution in [0.5, 0.6) is 0 Å². The Morgan fingerprint density at radius 2 is 1.82 bits per heavy atom. The van der Waals surface area contributed by atoms with Crippen molar-refractivity contribution in [1.82, 2.24) is 10.6 Å². The number of carbonyl (C=O) groups excluding carboxylic acids is 1. The maximum absolute atomic E-state index is 11.5. The van der Waals surface area contributed by atoms with Crippen molar-refractivity contribution in [1.29, 1.82) is 0 Å². The summed E-state index contributed by atoms with van der Waals surface area (Å²) in [6.07, 6.45) is 0.944. The standard InChI is InChI=1S/C12H24N2O3/c1-6-12(4,5)7-13-11(17)14-9(8(2)3)10(15)16/h8-9H,6-7H2,1-5H3,(H,15,16)(H2,13,14,17)/t9-/m1/s1. The van der Waals surface area contributed by atoms with Crippen molar-refractivity contribution in [3.8, 4) is 0 Å². The molecular formula is C12H24N2O3. The summed E-state index contributed by atoms with van der Waals surface area (Å²) in [6.45, 7) is 10.2. The molecule has 0 spiro atoms. The third-order valence-corrected chi connectivity index (χ3v) is 2.90. The summed E-state index contributed by atoms with van der Waals surface area (Å²) in [5.41, 5.74) is 0.0217. The van der Waals surface area contributed by atoms with E-state index < -0.39 is 18.0 Å². The molecule has 0 unspecified atom stereocenters. The molecule has 0 fully saturated rings. The second kappa shape index (κ2) is 6.47. The number of amides is 2. The highest BCUT2D eigenvalue weighted by atomic mass is 16.4. The van der Waals surface area contributed by atoms with Gasteiger partial charge in [-0.2, -0.15) is 0 Å². The van der Waals surface area contributed by atoms with Gasteiger partial charge >= 0.3 is 12.0 Å². The van der Waals surface area contributed by atoms with E-state index in [0.29, 0.717) is 6.54 Å². The second-order valence-corrected chi connectivity index (χ2v) is 5.40. The van der Waals surface area contributed by atoms with Gasteiger partial charge in [-0.3, -0.25) is 0 Å². The molecule has 17 heavy (non-hydrogen) atoms. The van der Waals surface area contributed by atoms with Gasteiger partial charge in [0.15, 0.2) is 0 Å². The van der Waals surface area contributed by atoms with Gasteiger partial charge in [-0.15, -0.1) is 0 Å². The molecule has 0 saturated heterocycles. The monoisotopic (exact) mass is 244 g/mol. The number of aliphatic carboxylic acids is 1. The van der Waals surface area contributed by atoms with Gasteiger partial charge in [0.25, 0.3) is 0 Å². The predicted octanol–water partition coefficient (Wildman–Crippen LogP) is 1.83. The van der Waals surface area contributed by atoms with Crippen LogP contribution in [-0.2, 0) is 4.79 Å². The van der Waals surface area contributed by atoms with Gasteiger partial charge in [0.05, 0.1) is 0 Å². The SMILES string of the molecule is CCC(C)(C)CNC(=O)N[C@@H](C(=O)O)C(C)C. The quantitative estimate of drug-likeness (QED) is 0.667. The maximum Gasteiger partial charge on any atom is 0.326 e. The van der Waals surface area contributed by atoms with Gasteiger partial charge in [0, 0.05) is 6.54 Å². The highest BCUT2D eigenvalue weighted by Gasteiger charge is 2.24. The third-order valence-electron chi connectivity index (χ3n) is 2.90. The number of urea groups is 1. The fraction of sp³-hybridized carbons (Fsp3) is 0.833. The first-order valence-corrected chi connectivity index (χ1v) is 5.97. The lowest BCUT2D eigenvalue weighted by Gasteiger charge is -2.24. The first-order chi connectivity index (χ1) is 7.69. The number of hydrogen-bond acceptors (Lipinski definition) is 2. The number of carboxylic acid groups (broad SMARTS) is 1. The van der Waals surface area contributed by atoms with Crippen LogP contribution < -0.4 is 10.6 Å². The highest BCUT2D eigenvalue weighted by molar-refractivity contribution is 5.82.